The van der Waals surface area contributed by atoms with Gasteiger partial charge in [-0.25, -0.2) is 9.97 Å². The SMILES string of the molecule is Cc1cnc2c(c1)nc(CCCl)n2CCCN(C)C(C)C. The van der Waals surface area contributed by atoms with Crippen molar-refractivity contribution in [3.63, 3.8) is 0 Å². The smallest absolute Gasteiger partial charge is 0.160 e. The van der Waals surface area contributed by atoms with E-state index in [1.807, 2.05) is 13.1 Å². The van der Waals surface area contributed by atoms with Gasteiger partial charge in [0.05, 0.1) is 0 Å². The molecule has 0 bridgehead atoms. The molecule has 0 saturated heterocycles. The van der Waals surface area contributed by atoms with Crippen molar-refractivity contribution in [1.82, 2.24) is 19.4 Å². The van der Waals surface area contributed by atoms with E-state index in [1.54, 1.807) is 0 Å². The average molecular weight is 309 g/mol. The predicted octanol–water partition coefficient (Wildman–Crippen LogP) is 3.25. The molecule has 2 rings (SSSR count). The van der Waals surface area contributed by atoms with Crippen LogP contribution in [0.5, 0.6) is 0 Å². The number of fused-ring (bicyclic) bond motifs is 1. The third-order valence-electron chi connectivity index (χ3n) is 3.89. The van der Waals surface area contributed by atoms with Crippen LogP contribution in [0.15, 0.2) is 12.3 Å². The van der Waals surface area contributed by atoms with Crippen molar-refractivity contribution in [2.75, 3.05) is 19.5 Å². The predicted molar refractivity (Wildman–Crippen MR) is 89.1 cm³/mol. The molecule has 0 radical (unpaired) electrons. The van der Waals surface area contributed by atoms with Crippen molar-refractivity contribution in [3.05, 3.63) is 23.7 Å². The molecular weight excluding hydrogens is 284 g/mol. The summed E-state index contributed by atoms with van der Waals surface area (Å²) in [6.45, 7) is 8.50. The lowest BCUT2D eigenvalue weighted by Crippen LogP contribution is -2.28. The van der Waals surface area contributed by atoms with Crippen molar-refractivity contribution >= 4 is 22.8 Å². The van der Waals surface area contributed by atoms with Crippen molar-refractivity contribution in [1.29, 1.82) is 0 Å². The molecule has 116 valence electrons. The Bertz CT molecular complexity index is 591. The van der Waals surface area contributed by atoms with E-state index in [1.165, 1.54) is 0 Å². The molecule has 0 aliphatic carbocycles. The molecule has 0 aliphatic rings. The van der Waals surface area contributed by atoms with E-state index in [0.717, 1.165) is 48.5 Å². The van der Waals surface area contributed by atoms with E-state index in [0.29, 0.717) is 11.9 Å². The van der Waals surface area contributed by atoms with Crippen LogP contribution in [0.1, 0.15) is 31.7 Å². The molecular formula is C16H25ClN4. The number of alkyl halides is 1. The summed E-state index contributed by atoms with van der Waals surface area (Å²) in [6, 6.07) is 2.67. The molecule has 5 heteroatoms. The van der Waals surface area contributed by atoms with Gasteiger partial charge in [0.1, 0.15) is 11.3 Å². The number of hydrogen-bond acceptors (Lipinski definition) is 3. The Hall–Kier alpha value is -1.13. The fraction of sp³-hybridized carbons (Fsp3) is 0.625. The van der Waals surface area contributed by atoms with E-state index in [2.05, 4.69) is 41.4 Å². The van der Waals surface area contributed by atoms with Gasteiger partial charge in [0.25, 0.3) is 0 Å². The minimum absolute atomic E-state index is 0.576. The highest BCUT2D eigenvalue weighted by Crippen LogP contribution is 2.17. The molecule has 0 aliphatic heterocycles. The van der Waals surface area contributed by atoms with Gasteiger partial charge in [-0.05, 0) is 52.4 Å². The van der Waals surface area contributed by atoms with E-state index in [-0.39, 0.29) is 0 Å². The Balaban J connectivity index is 2.18. The maximum absolute atomic E-state index is 5.91. The van der Waals surface area contributed by atoms with E-state index in [4.69, 9.17) is 16.6 Å². The summed E-state index contributed by atoms with van der Waals surface area (Å²) in [7, 11) is 2.16. The third kappa shape index (κ3) is 3.95. The molecule has 2 aromatic rings. The summed E-state index contributed by atoms with van der Waals surface area (Å²) < 4.78 is 2.23. The zero-order valence-electron chi connectivity index (χ0n) is 13.4. The summed E-state index contributed by atoms with van der Waals surface area (Å²) in [5, 5.41) is 0. The molecule has 4 nitrogen and oxygen atoms in total. The van der Waals surface area contributed by atoms with Gasteiger partial charge in [0.2, 0.25) is 0 Å². The van der Waals surface area contributed by atoms with Gasteiger partial charge >= 0.3 is 0 Å². The van der Waals surface area contributed by atoms with E-state index < -0.39 is 0 Å². The monoisotopic (exact) mass is 308 g/mol. The number of hydrogen-bond donors (Lipinski definition) is 0. The number of halogens is 1. The van der Waals surface area contributed by atoms with Crippen molar-refractivity contribution < 1.29 is 0 Å². The third-order valence-corrected chi connectivity index (χ3v) is 4.08. The summed E-state index contributed by atoms with van der Waals surface area (Å²) >= 11 is 5.91. The molecule has 0 unspecified atom stereocenters. The highest BCUT2D eigenvalue weighted by molar-refractivity contribution is 6.17. The van der Waals surface area contributed by atoms with Gasteiger partial charge in [0.15, 0.2) is 5.65 Å². The molecule has 21 heavy (non-hydrogen) atoms. The number of aromatic nitrogens is 3. The van der Waals surface area contributed by atoms with Gasteiger partial charge in [-0.2, -0.15) is 0 Å². The van der Waals surface area contributed by atoms with Crippen molar-refractivity contribution in [2.24, 2.45) is 0 Å². The minimum atomic E-state index is 0.576. The first-order valence-electron chi connectivity index (χ1n) is 7.61. The van der Waals surface area contributed by atoms with Crippen LogP contribution in [-0.4, -0.2) is 44.9 Å². The summed E-state index contributed by atoms with van der Waals surface area (Å²) in [4.78, 5) is 11.6. The van der Waals surface area contributed by atoms with Crippen LogP contribution in [0.3, 0.4) is 0 Å². The Morgan fingerprint density at radius 2 is 2.14 bits per heavy atom. The van der Waals surface area contributed by atoms with Crippen LogP contribution in [-0.2, 0) is 13.0 Å². The number of aryl methyl sites for hydroxylation is 3. The van der Waals surface area contributed by atoms with Crippen LogP contribution in [0.2, 0.25) is 0 Å². The molecule has 0 aromatic carbocycles. The molecule has 0 fully saturated rings. The van der Waals surface area contributed by atoms with Crippen LogP contribution < -0.4 is 0 Å². The number of rotatable bonds is 7. The Kier molecular flexibility index (Phi) is 5.59. The lowest BCUT2D eigenvalue weighted by Gasteiger charge is -2.21. The fourth-order valence-electron chi connectivity index (χ4n) is 2.41. The average Bonchev–Trinajstić information content (AvgIpc) is 2.76. The lowest BCUT2D eigenvalue weighted by molar-refractivity contribution is 0.265. The van der Waals surface area contributed by atoms with Gasteiger partial charge in [-0.1, -0.05) is 0 Å². The maximum atomic E-state index is 5.91. The second-order valence-corrected chi connectivity index (χ2v) is 6.28. The van der Waals surface area contributed by atoms with Crippen LogP contribution in [0.4, 0.5) is 0 Å². The molecule has 0 amide bonds. The maximum Gasteiger partial charge on any atom is 0.160 e. The van der Waals surface area contributed by atoms with Crippen molar-refractivity contribution in [3.8, 4) is 0 Å². The van der Waals surface area contributed by atoms with Crippen LogP contribution >= 0.6 is 11.6 Å². The zero-order valence-corrected chi connectivity index (χ0v) is 14.2. The van der Waals surface area contributed by atoms with Gasteiger partial charge in [-0.15, -0.1) is 11.6 Å². The number of imidazole rings is 1. The van der Waals surface area contributed by atoms with Crippen LogP contribution in [0.25, 0.3) is 11.2 Å². The molecule has 2 heterocycles. The Morgan fingerprint density at radius 3 is 2.81 bits per heavy atom. The number of pyridine rings is 1. The first-order chi connectivity index (χ1) is 10.0. The first-order valence-corrected chi connectivity index (χ1v) is 8.14. The Morgan fingerprint density at radius 1 is 1.38 bits per heavy atom. The summed E-state index contributed by atoms with van der Waals surface area (Å²) in [5.74, 6) is 1.64. The summed E-state index contributed by atoms with van der Waals surface area (Å²) in [6.07, 6.45) is 3.78. The zero-order chi connectivity index (χ0) is 15.4. The minimum Gasteiger partial charge on any atom is -0.313 e. The lowest BCUT2D eigenvalue weighted by atomic mass is 10.3. The number of nitrogens with zero attached hydrogens (tertiary/aromatic N) is 4. The quantitative estimate of drug-likeness (QED) is 0.736. The van der Waals surface area contributed by atoms with Crippen molar-refractivity contribution in [2.45, 2.75) is 46.2 Å². The van der Waals surface area contributed by atoms with Gasteiger partial charge in [0, 0.05) is 31.1 Å². The molecule has 2 aromatic heterocycles. The molecule has 0 atom stereocenters. The van der Waals surface area contributed by atoms with E-state index >= 15 is 0 Å². The van der Waals surface area contributed by atoms with E-state index in [9.17, 15) is 0 Å². The molecule has 0 N–H and O–H groups in total. The largest absolute Gasteiger partial charge is 0.313 e. The molecule has 0 saturated carbocycles. The first kappa shape index (κ1) is 16.2. The Labute approximate surface area is 132 Å². The normalized spacial score (nSPS) is 12.0. The molecule has 0 spiro atoms. The highest BCUT2D eigenvalue weighted by Gasteiger charge is 2.12. The van der Waals surface area contributed by atoms with Gasteiger partial charge in [-0.3, -0.25) is 0 Å². The van der Waals surface area contributed by atoms with Crippen LogP contribution in [0, 0.1) is 6.92 Å². The van der Waals surface area contributed by atoms with Gasteiger partial charge < -0.3 is 9.47 Å². The second-order valence-electron chi connectivity index (χ2n) is 5.90. The highest BCUT2D eigenvalue weighted by atomic mass is 35.5. The fourth-order valence-corrected chi connectivity index (χ4v) is 2.57. The second kappa shape index (κ2) is 7.23. The topological polar surface area (TPSA) is 34.0 Å². The summed E-state index contributed by atoms with van der Waals surface area (Å²) in [5.41, 5.74) is 3.10. The standard InChI is InChI=1S/C16H25ClN4/c1-12(2)20(4)8-5-9-21-15(6-7-17)19-14-10-13(3)11-18-16(14)21/h10-12H,5-9H2,1-4H3.